The summed E-state index contributed by atoms with van der Waals surface area (Å²) in [6, 6.07) is 12.3. The Morgan fingerprint density at radius 3 is 2.41 bits per heavy atom. The fourth-order valence-corrected chi connectivity index (χ4v) is 5.17. The number of rotatable bonds is 10. The van der Waals surface area contributed by atoms with Crippen LogP contribution >= 0.6 is 0 Å². The predicted octanol–water partition coefficient (Wildman–Crippen LogP) is 3.44. The molecule has 0 bridgehead atoms. The lowest BCUT2D eigenvalue weighted by Crippen LogP contribution is -2.39. The number of nitrogens with zero attached hydrogens (tertiary/aromatic N) is 1. The van der Waals surface area contributed by atoms with Crippen LogP contribution in [0.4, 0.5) is 0 Å². The molecular weight excluding hydrogens is 428 g/mol. The average Bonchev–Trinajstić information content (AvgIpc) is 3.32. The van der Waals surface area contributed by atoms with Crippen LogP contribution < -0.4 is 14.8 Å². The first-order valence-corrected chi connectivity index (χ1v) is 12.5. The number of hydrogen-bond donors (Lipinski definition) is 1. The maximum absolute atomic E-state index is 12.6. The smallest absolute Gasteiger partial charge is 0.261 e. The number of amides is 1. The van der Waals surface area contributed by atoms with Crippen molar-refractivity contribution in [2.45, 2.75) is 51.0 Å². The molecule has 1 saturated heterocycles. The highest BCUT2D eigenvalue weighted by Gasteiger charge is 2.27. The minimum Gasteiger partial charge on any atom is -0.492 e. The SMILES string of the molecule is CC[C@H](Oc1ccc(C)cc1C)C(=O)NCCOc1ccc(S(=O)(=O)N2CCCC2)cc1. The molecule has 1 amide bonds. The molecule has 7 nitrogen and oxygen atoms in total. The summed E-state index contributed by atoms with van der Waals surface area (Å²) in [5, 5.41) is 2.84. The summed E-state index contributed by atoms with van der Waals surface area (Å²) in [4.78, 5) is 12.8. The molecule has 0 spiro atoms. The third kappa shape index (κ3) is 6.01. The molecule has 32 heavy (non-hydrogen) atoms. The van der Waals surface area contributed by atoms with Crippen LogP contribution in [0.5, 0.6) is 11.5 Å². The Morgan fingerprint density at radius 1 is 1.09 bits per heavy atom. The van der Waals surface area contributed by atoms with Gasteiger partial charge in [0.05, 0.1) is 11.4 Å². The van der Waals surface area contributed by atoms with Gasteiger partial charge in [-0.3, -0.25) is 4.79 Å². The molecule has 174 valence electrons. The van der Waals surface area contributed by atoms with Gasteiger partial charge in [0.2, 0.25) is 10.0 Å². The highest BCUT2D eigenvalue weighted by molar-refractivity contribution is 7.89. The summed E-state index contributed by atoms with van der Waals surface area (Å²) in [5.74, 6) is 1.07. The van der Waals surface area contributed by atoms with E-state index in [1.54, 1.807) is 24.3 Å². The van der Waals surface area contributed by atoms with Crippen LogP contribution in [0.3, 0.4) is 0 Å². The lowest BCUT2D eigenvalue weighted by atomic mass is 10.1. The lowest BCUT2D eigenvalue weighted by molar-refractivity contribution is -0.128. The second-order valence-corrected chi connectivity index (χ2v) is 9.94. The number of benzene rings is 2. The van der Waals surface area contributed by atoms with Crippen LogP contribution in [0.2, 0.25) is 0 Å². The average molecular weight is 461 g/mol. The van der Waals surface area contributed by atoms with Crippen molar-refractivity contribution >= 4 is 15.9 Å². The van der Waals surface area contributed by atoms with Crippen LogP contribution in [-0.2, 0) is 14.8 Å². The molecule has 8 heteroatoms. The fraction of sp³-hybridized carbons (Fsp3) is 0.458. The van der Waals surface area contributed by atoms with E-state index in [-0.39, 0.29) is 17.4 Å². The lowest BCUT2D eigenvalue weighted by Gasteiger charge is -2.19. The number of ether oxygens (including phenoxy) is 2. The van der Waals surface area contributed by atoms with E-state index < -0.39 is 16.1 Å². The van der Waals surface area contributed by atoms with Crippen molar-refractivity contribution in [3.05, 3.63) is 53.6 Å². The van der Waals surface area contributed by atoms with Gasteiger partial charge in [-0.25, -0.2) is 8.42 Å². The van der Waals surface area contributed by atoms with Crippen molar-refractivity contribution in [2.24, 2.45) is 0 Å². The topological polar surface area (TPSA) is 84.9 Å². The Bertz CT molecular complexity index is 1020. The maximum atomic E-state index is 12.6. The van der Waals surface area contributed by atoms with Crippen LogP contribution in [-0.4, -0.2) is 51.0 Å². The quantitative estimate of drug-likeness (QED) is 0.549. The van der Waals surface area contributed by atoms with Gasteiger partial charge in [-0.2, -0.15) is 4.31 Å². The normalized spacial score (nSPS) is 15.3. The minimum absolute atomic E-state index is 0.192. The third-order valence-corrected chi connectivity index (χ3v) is 7.37. The Kier molecular flexibility index (Phi) is 8.15. The van der Waals surface area contributed by atoms with Gasteiger partial charge in [-0.1, -0.05) is 24.6 Å². The van der Waals surface area contributed by atoms with Crippen LogP contribution in [0.25, 0.3) is 0 Å². The monoisotopic (exact) mass is 460 g/mol. The van der Waals surface area contributed by atoms with E-state index in [0.717, 1.165) is 24.0 Å². The van der Waals surface area contributed by atoms with E-state index in [2.05, 4.69) is 5.32 Å². The van der Waals surface area contributed by atoms with Gasteiger partial charge in [-0.15, -0.1) is 0 Å². The van der Waals surface area contributed by atoms with Crippen LogP contribution in [0.1, 0.15) is 37.3 Å². The van der Waals surface area contributed by atoms with Gasteiger partial charge in [0.25, 0.3) is 5.91 Å². The molecule has 1 aliphatic rings. The van der Waals surface area contributed by atoms with Crippen molar-refractivity contribution in [1.29, 1.82) is 0 Å². The van der Waals surface area contributed by atoms with E-state index >= 15 is 0 Å². The highest BCUT2D eigenvalue weighted by Crippen LogP contribution is 2.23. The zero-order valence-electron chi connectivity index (χ0n) is 19.0. The molecule has 0 saturated carbocycles. The molecule has 0 aliphatic carbocycles. The third-order valence-electron chi connectivity index (χ3n) is 5.46. The number of sulfonamides is 1. The molecule has 1 N–H and O–H groups in total. The summed E-state index contributed by atoms with van der Waals surface area (Å²) in [6.45, 7) is 7.62. The number of hydrogen-bond acceptors (Lipinski definition) is 5. The summed E-state index contributed by atoms with van der Waals surface area (Å²) < 4.78 is 38.2. The van der Waals surface area contributed by atoms with Crippen molar-refractivity contribution < 1.29 is 22.7 Å². The molecule has 1 atom stereocenters. The minimum atomic E-state index is -3.43. The molecule has 3 rings (SSSR count). The zero-order chi connectivity index (χ0) is 23.1. The summed E-state index contributed by atoms with van der Waals surface area (Å²) in [6.07, 6.45) is 1.78. The van der Waals surface area contributed by atoms with Crippen molar-refractivity contribution in [3.63, 3.8) is 0 Å². The first-order valence-electron chi connectivity index (χ1n) is 11.1. The van der Waals surface area contributed by atoms with Gasteiger partial charge in [0.1, 0.15) is 18.1 Å². The van der Waals surface area contributed by atoms with Crippen molar-refractivity contribution in [3.8, 4) is 11.5 Å². The van der Waals surface area contributed by atoms with Gasteiger partial charge >= 0.3 is 0 Å². The van der Waals surface area contributed by atoms with E-state index in [1.165, 1.54) is 4.31 Å². The number of carbonyl (C=O) groups is 1. The summed E-state index contributed by atoms with van der Waals surface area (Å²) in [5.41, 5.74) is 2.14. The summed E-state index contributed by atoms with van der Waals surface area (Å²) >= 11 is 0. The Labute approximate surface area is 190 Å². The van der Waals surface area contributed by atoms with Gasteiger partial charge in [-0.05, 0) is 69.0 Å². The fourth-order valence-electron chi connectivity index (χ4n) is 3.65. The van der Waals surface area contributed by atoms with E-state index in [4.69, 9.17) is 9.47 Å². The Hall–Kier alpha value is -2.58. The van der Waals surface area contributed by atoms with Crippen molar-refractivity contribution in [2.75, 3.05) is 26.2 Å². The predicted molar refractivity (Wildman–Crippen MR) is 124 cm³/mol. The largest absolute Gasteiger partial charge is 0.492 e. The highest BCUT2D eigenvalue weighted by atomic mass is 32.2. The van der Waals surface area contributed by atoms with Crippen molar-refractivity contribution in [1.82, 2.24) is 9.62 Å². The molecule has 2 aromatic carbocycles. The van der Waals surface area contributed by atoms with E-state index in [9.17, 15) is 13.2 Å². The second kappa shape index (κ2) is 10.8. The first kappa shape index (κ1) is 24.1. The van der Waals surface area contributed by atoms with Gasteiger partial charge in [0.15, 0.2) is 6.10 Å². The standard InChI is InChI=1S/C24H32N2O5S/c1-4-22(31-23-12-7-18(2)17-19(23)3)24(27)25-13-16-30-20-8-10-21(11-9-20)32(28,29)26-14-5-6-15-26/h7-12,17,22H,4-6,13-16H2,1-3H3,(H,25,27)/t22-/m0/s1. The molecular formula is C24H32N2O5S. The van der Waals surface area contributed by atoms with Gasteiger partial charge < -0.3 is 14.8 Å². The van der Waals surface area contributed by atoms with E-state index in [0.29, 0.717) is 37.6 Å². The number of carbonyl (C=O) groups excluding carboxylic acids is 1. The van der Waals surface area contributed by atoms with Gasteiger partial charge in [0, 0.05) is 13.1 Å². The molecule has 0 radical (unpaired) electrons. The molecule has 1 fully saturated rings. The molecule has 1 aliphatic heterocycles. The Morgan fingerprint density at radius 2 is 1.78 bits per heavy atom. The Balaban J connectivity index is 1.46. The molecule has 2 aromatic rings. The van der Waals surface area contributed by atoms with E-state index in [1.807, 2.05) is 39.0 Å². The van der Waals surface area contributed by atoms with Crippen LogP contribution in [0.15, 0.2) is 47.4 Å². The number of aryl methyl sites for hydroxylation is 2. The zero-order valence-corrected chi connectivity index (χ0v) is 19.8. The molecule has 0 unspecified atom stereocenters. The molecule has 0 aromatic heterocycles. The first-order chi connectivity index (χ1) is 15.3. The van der Waals surface area contributed by atoms with Crippen LogP contribution in [0, 0.1) is 13.8 Å². The number of nitrogens with one attached hydrogen (secondary N) is 1. The molecule has 1 heterocycles. The maximum Gasteiger partial charge on any atom is 0.261 e. The second-order valence-electron chi connectivity index (χ2n) is 8.01. The summed E-state index contributed by atoms with van der Waals surface area (Å²) in [7, 11) is -3.43.